The summed E-state index contributed by atoms with van der Waals surface area (Å²) in [6, 6.07) is 5.07. The summed E-state index contributed by atoms with van der Waals surface area (Å²) >= 11 is 0. The first-order chi connectivity index (χ1) is 11.3. The van der Waals surface area contributed by atoms with Gasteiger partial charge in [0.25, 0.3) is 0 Å². The molecule has 0 bridgehead atoms. The largest absolute Gasteiger partial charge is 0.465 e. The van der Waals surface area contributed by atoms with E-state index in [-0.39, 0.29) is 17.2 Å². The Morgan fingerprint density at radius 2 is 2.04 bits per heavy atom. The molecular weight excluding hydrogens is 307 g/mol. The lowest BCUT2D eigenvalue weighted by Crippen LogP contribution is -2.37. The summed E-state index contributed by atoms with van der Waals surface area (Å²) < 4.78 is 14.4. The third-order valence-corrected chi connectivity index (χ3v) is 4.48. The van der Waals surface area contributed by atoms with Crippen LogP contribution >= 0.6 is 0 Å². The highest BCUT2D eigenvalue weighted by molar-refractivity contribution is 5.82. The van der Waals surface area contributed by atoms with Crippen LogP contribution in [0.25, 0.3) is 0 Å². The van der Waals surface area contributed by atoms with Crippen LogP contribution in [0.4, 0.5) is 9.18 Å². The second kappa shape index (κ2) is 7.77. The van der Waals surface area contributed by atoms with Crippen molar-refractivity contribution in [3.8, 4) is 0 Å². The van der Waals surface area contributed by atoms with Crippen molar-refractivity contribution < 1.29 is 14.3 Å². The van der Waals surface area contributed by atoms with Crippen LogP contribution in [0.3, 0.4) is 0 Å². The molecule has 1 N–H and O–H groups in total. The first-order valence-electron chi connectivity index (χ1n) is 8.54. The molecule has 1 aliphatic heterocycles. The highest BCUT2D eigenvalue weighted by atomic mass is 19.1. The van der Waals surface area contributed by atoms with Crippen LogP contribution in [-0.2, 0) is 0 Å². The second-order valence-corrected chi connectivity index (χ2v) is 7.63. The van der Waals surface area contributed by atoms with E-state index >= 15 is 0 Å². The average Bonchev–Trinajstić information content (AvgIpc) is 2.51. The minimum Gasteiger partial charge on any atom is -0.465 e. The van der Waals surface area contributed by atoms with Crippen LogP contribution < -0.4 is 0 Å². The van der Waals surface area contributed by atoms with Crippen molar-refractivity contribution in [2.24, 2.45) is 10.4 Å². The first kappa shape index (κ1) is 18.4. The standard InChI is InChI=1S/C19H27FN2O2/c1-19(2,3)9-10-21-13-15-5-4-6-16(20)17(15)14-7-11-22(12-8-14)18(23)24/h4-6,13-14H,7-12H2,1-3H3,(H,23,24). The second-order valence-electron chi connectivity index (χ2n) is 7.63. The Bertz CT molecular complexity index is 600. The van der Waals surface area contributed by atoms with E-state index < -0.39 is 6.09 Å². The summed E-state index contributed by atoms with van der Waals surface area (Å²) in [5, 5.41) is 9.04. The Kier molecular flexibility index (Phi) is 5.97. The fourth-order valence-electron chi connectivity index (χ4n) is 3.02. The van der Waals surface area contributed by atoms with Gasteiger partial charge in [-0.1, -0.05) is 32.9 Å². The molecule has 1 aliphatic rings. The summed E-state index contributed by atoms with van der Waals surface area (Å²) in [7, 11) is 0. The smallest absolute Gasteiger partial charge is 0.407 e. The molecule has 0 atom stereocenters. The van der Waals surface area contributed by atoms with Crippen LogP contribution in [0.1, 0.15) is 57.1 Å². The third-order valence-electron chi connectivity index (χ3n) is 4.48. The van der Waals surface area contributed by atoms with Gasteiger partial charge in [-0.15, -0.1) is 0 Å². The van der Waals surface area contributed by atoms with Crippen LogP contribution in [0.5, 0.6) is 0 Å². The van der Waals surface area contributed by atoms with Crippen molar-refractivity contribution in [2.45, 2.75) is 46.0 Å². The number of benzene rings is 1. The van der Waals surface area contributed by atoms with Gasteiger partial charge in [0.1, 0.15) is 5.82 Å². The molecule has 0 radical (unpaired) electrons. The van der Waals surface area contributed by atoms with Gasteiger partial charge in [-0.2, -0.15) is 0 Å². The van der Waals surface area contributed by atoms with Crippen LogP contribution in [0, 0.1) is 11.2 Å². The summed E-state index contributed by atoms with van der Waals surface area (Å²) in [4.78, 5) is 16.9. The van der Waals surface area contributed by atoms with E-state index in [9.17, 15) is 9.18 Å². The lowest BCUT2D eigenvalue weighted by Gasteiger charge is -2.31. The van der Waals surface area contributed by atoms with E-state index in [0.29, 0.717) is 31.5 Å². The SMILES string of the molecule is CC(C)(C)CCN=Cc1cccc(F)c1C1CCN(C(=O)O)CC1. The molecule has 1 aromatic rings. The molecule has 1 amide bonds. The van der Waals surface area contributed by atoms with Crippen LogP contribution in [0.15, 0.2) is 23.2 Å². The van der Waals surface area contributed by atoms with Gasteiger partial charge in [-0.25, -0.2) is 9.18 Å². The molecule has 0 aliphatic carbocycles. The molecule has 0 aromatic heterocycles. The number of amides is 1. The quantitative estimate of drug-likeness (QED) is 0.822. The molecule has 24 heavy (non-hydrogen) atoms. The number of likely N-dealkylation sites (tertiary alicyclic amines) is 1. The van der Waals surface area contributed by atoms with Crippen LogP contribution in [0.2, 0.25) is 0 Å². The maximum absolute atomic E-state index is 14.4. The maximum Gasteiger partial charge on any atom is 0.407 e. The highest BCUT2D eigenvalue weighted by Gasteiger charge is 2.26. The Morgan fingerprint density at radius 1 is 1.38 bits per heavy atom. The monoisotopic (exact) mass is 334 g/mol. The van der Waals surface area contributed by atoms with Crippen molar-refractivity contribution >= 4 is 12.3 Å². The van der Waals surface area contributed by atoms with Gasteiger partial charge >= 0.3 is 6.09 Å². The molecule has 132 valence electrons. The fraction of sp³-hybridized carbons (Fsp3) is 0.579. The van der Waals surface area contributed by atoms with Crippen molar-refractivity contribution in [3.05, 3.63) is 35.1 Å². The number of nitrogens with zero attached hydrogens (tertiary/aromatic N) is 2. The molecule has 1 fully saturated rings. The highest BCUT2D eigenvalue weighted by Crippen LogP contribution is 2.32. The summed E-state index contributed by atoms with van der Waals surface area (Å²) in [5.41, 5.74) is 1.73. The molecule has 5 heteroatoms. The number of hydrogen-bond acceptors (Lipinski definition) is 2. The summed E-state index contributed by atoms with van der Waals surface area (Å²) in [6.07, 6.45) is 3.15. The Balaban J connectivity index is 2.10. The van der Waals surface area contributed by atoms with E-state index in [1.54, 1.807) is 12.3 Å². The zero-order valence-electron chi connectivity index (χ0n) is 14.8. The number of rotatable bonds is 4. The zero-order chi connectivity index (χ0) is 17.7. The molecule has 1 aromatic carbocycles. The van der Waals surface area contributed by atoms with Crippen molar-refractivity contribution in [2.75, 3.05) is 19.6 Å². The normalized spacial score (nSPS) is 16.8. The number of halogens is 1. The predicted molar refractivity (Wildman–Crippen MR) is 94.5 cm³/mol. The van der Waals surface area contributed by atoms with Gasteiger partial charge in [0.2, 0.25) is 0 Å². The number of carbonyl (C=O) groups is 1. The van der Waals surface area contributed by atoms with Gasteiger partial charge in [0.15, 0.2) is 0 Å². The molecule has 4 nitrogen and oxygen atoms in total. The van der Waals surface area contributed by atoms with Gasteiger partial charge in [-0.3, -0.25) is 4.99 Å². The number of piperidine rings is 1. The maximum atomic E-state index is 14.4. The first-order valence-corrected chi connectivity index (χ1v) is 8.54. The number of carboxylic acid groups (broad SMARTS) is 1. The zero-order valence-corrected chi connectivity index (χ0v) is 14.8. The van der Waals surface area contributed by atoms with E-state index in [1.165, 1.54) is 11.0 Å². The van der Waals surface area contributed by atoms with Gasteiger partial charge in [0, 0.05) is 25.8 Å². The van der Waals surface area contributed by atoms with E-state index in [1.807, 2.05) is 6.07 Å². The minimum atomic E-state index is -0.897. The Labute approximate surface area is 143 Å². The van der Waals surface area contributed by atoms with Crippen molar-refractivity contribution in [1.82, 2.24) is 4.90 Å². The Morgan fingerprint density at radius 3 is 2.62 bits per heavy atom. The van der Waals surface area contributed by atoms with E-state index in [0.717, 1.165) is 18.5 Å². The average molecular weight is 334 g/mol. The minimum absolute atomic E-state index is 0.0471. The third kappa shape index (κ3) is 5.05. The summed E-state index contributed by atoms with van der Waals surface area (Å²) in [5.74, 6) is -0.172. The lowest BCUT2D eigenvalue weighted by molar-refractivity contribution is 0.132. The van der Waals surface area contributed by atoms with Crippen molar-refractivity contribution in [3.63, 3.8) is 0 Å². The number of aliphatic imine (C=N–C) groups is 1. The van der Waals surface area contributed by atoms with Crippen molar-refractivity contribution in [1.29, 1.82) is 0 Å². The fourth-order valence-corrected chi connectivity index (χ4v) is 3.02. The molecule has 0 spiro atoms. The Hall–Kier alpha value is -1.91. The number of hydrogen-bond donors (Lipinski definition) is 1. The van der Waals surface area contributed by atoms with E-state index in [4.69, 9.17) is 5.11 Å². The molecular formula is C19H27FN2O2. The molecule has 0 saturated carbocycles. The molecule has 2 rings (SSSR count). The van der Waals surface area contributed by atoms with Gasteiger partial charge < -0.3 is 10.0 Å². The predicted octanol–water partition coefficient (Wildman–Crippen LogP) is 4.54. The van der Waals surface area contributed by atoms with Crippen LogP contribution in [-0.4, -0.2) is 41.9 Å². The van der Waals surface area contributed by atoms with Gasteiger partial charge in [0.05, 0.1) is 0 Å². The molecule has 1 heterocycles. The topological polar surface area (TPSA) is 52.9 Å². The molecule has 0 unspecified atom stereocenters. The van der Waals surface area contributed by atoms with E-state index in [2.05, 4.69) is 25.8 Å². The van der Waals surface area contributed by atoms with Gasteiger partial charge in [-0.05, 0) is 47.8 Å². The molecule has 1 saturated heterocycles. The lowest BCUT2D eigenvalue weighted by atomic mass is 9.86. The summed E-state index contributed by atoms with van der Waals surface area (Å²) in [6.45, 7) is 8.14.